The molecule has 0 bridgehead atoms. The molecule has 100 valence electrons. The summed E-state index contributed by atoms with van der Waals surface area (Å²) in [6, 6.07) is 22.3. The lowest BCUT2D eigenvalue weighted by atomic mass is 10.0. The van der Waals surface area contributed by atoms with Gasteiger partial charge < -0.3 is 0 Å². The van der Waals surface area contributed by atoms with E-state index in [4.69, 9.17) is 0 Å². The molecule has 3 aromatic rings. The van der Waals surface area contributed by atoms with E-state index in [0.29, 0.717) is 11.1 Å². The molecule has 0 radical (unpaired) electrons. The summed E-state index contributed by atoms with van der Waals surface area (Å²) < 4.78 is 13.2. The summed E-state index contributed by atoms with van der Waals surface area (Å²) in [4.78, 5) is 0. The lowest BCUT2D eigenvalue weighted by Crippen LogP contribution is -1.84. The number of halogens is 1. The number of fused-ring (bicyclic) bond motifs is 1. The lowest BCUT2D eigenvalue weighted by molar-refractivity contribution is 0.627. The molecule has 0 spiro atoms. The van der Waals surface area contributed by atoms with Gasteiger partial charge in [0.25, 0.3) is 0 Å². The van der Waals surface area contributed by atoms with Gasteiger partial charge in [-0.3, -0.25) is 0 Å². The fourth-order valence-corrected chi connectivity index (χ4v) is 2.30. The van der Waals surface area contributed by atoms with Gasteiger partial charge in [0.15, 0.2) is 0 Å². The second-order valence-electron chi connectivity index (χ2n) is 4.79. The minimum Gasteiger partial charge on any atom is -0.207 e. The Morgan fingerprint density at radius 2 is 1.71 bits per heavy atom. The summed E-state index contributed by atoms with van der Waals surface area (Å²) in [5.74, 6) is -0.306. The molecule has 0 aromatic heterocycles. The van der Waals surface area contributed by atoms with Crippen LogP contribution < -0.4 is 0 Å². The van der Waals surface area contributed by atoms with Crippen LogP contribution in [0.25, 0.3) is 22.4 Å². The van der Waals surface area contributed by atoms with Crippen LogP contribution in [-0.2, 0) is 0 Å². The predicted molar refractivity (Wildman–Crippen MR) is 83.8 cm³/mol. The Morgan fingerprint density at radius 3 is 2.48 bits per heavy atom. The molecule has 1 nitrogen and oxygen atoms in total. The molecule has 2 heteroatoms. The molecule has 0 aliphatic carbocycles. The van der Waals surface area contributed by atoms with E-state index in [1.807, 2.05) is 42.5 Å². The van der Waals surface area contributed by atoms with Gasteiger partial charge in [-0.2, -0.15) is 5.26 Å². The Labute approximate surface area is 122 Å². The molecule has 3 aromatic carbocycles. The summed E-state index contributed by atoms with van der Waals surface area (Å²) >= 11 is 0. The average molecular weight is 273 g/mol. The lowest BCUT2D eigenvalue weighted by Gasteiger charge is -2.03. The second-order valence-corrected chi connectivity index (χ2v) is 4.79. The van der Waals surface area contributed by atoms with Crippen LogP contribution in [0.4, 0.5) is 4.39 Å². The van der Waals surface area contributed by atoms with Gasteiger partial charge in [-0.05, 0) is 46.2 Å². The first-order chi connectivity index (χ1) is 10.3. The molecule has 0 amide bonds. The molecule has 0 unspecified atom stereocenters. The van der Waals surface area contributed by atoms with E-state index >= 15 is 0 Å². The number of hydrogen-bond acceptors (Lipinski definition) is 1. The molecule has 0 N–H and O–H groups in total. The first-order valence-corrected chi connectivity index (χ1v) is 6.63. The van der Waals surface area contributed by atoms with Crippen molar-refractivity contribution >= 4 is 22.4 Å². The summed E-state index contributed by atoms with van der Waals surface area (Å²) in [7, 11) is 0. The van der Waals surface area contributed by atoms with Crippen LogP contribution in [-0.4, -0.2) is 0 Å². The Balaban J connectivity index is 2.08. The summed E-state index contributed by atoms with van der Waals surface area (Å²) in [6.07, 6.45) is 1.70. The number of nitriles is 1. The van der Waals surface area contributed by atoms with Gasteiger partial charge in [0.1, 0.15) is 5.82 Å². The highest BCUT2D eigenvalue weighted by molar-refractivity contribution is 5.94. The van der Waals surface area contributed by atoms with Gasteiger partial charge in [-0.1, -0.05) is 48.5 Å². The van der Waals surface area contributed by atoms with Gasteiger partial charge in [-0.15, -0.1) is 0 Å². The molecule has 0 aliphatic heterocycles. The zero-order valence-electron chi connectivity index (χ0n) is 11.3. The van der Waals surface area contributed by atoms with Crippen molar-refractivity contribution in [2.45, 2.75) is 0 Å². The zero-order chi connectivity index (χ0) is 14.7. The van der Waals surface area contributed by atoms with Crippen molar-refractivity contribution in [1.82, 2.24) is 0 Å². The third kappa shape index (κ3) is 2.82. The number of rotatable bonds is 2. The number of allylic oxidation sites excluding steroid dienone is 1. The van der Waals surface area contributed by atoms with Crippen LogP contribution in [0.3, 0.4) is 0 Å². The van der Waals surface area contributed by atoms with Crippen LogP contribution in [0, 0.1) is 17.1 Å². The van der Waals surface area contributed by atoms with Crippen molar-refractivity contribution in [3.05, 3.63) is 83.7 Å². The van der Waals surface area contributed by atoms with E-state index in [0.717, 1.165) is 16.3 Å². The molecule has 0 heterocycles. The molecule has 0 saturated heterocycles. The highest BCUT2D eigenvalue weighted by atomic mass is 19.1. The van der Waals surface area contributed by atoms with E-state index < -0.39 is 0 Å². The Kier molecular flexibility index (Phi) is 3.49. The molecular weight excluding hydrogens is 261 g/mol. The van der Waals surface area contributed by atoms with Crippen molar-refractivity contribution in [1.29, 1.82) is 5.26 Å². The maximum absolute atomic E-state index is 13.2. The van der Waals surface area contributed by atoms with Crippen LogP contribution in [0.5, 0.6) is 0 Å². The molecule has 3 rings (SSSR count). The quantitative estimate of drug-likeness (QED) is 0.474. The number of hydrogen-bond donors (Lipinski definition) is 0. The van der Waals surface area contributed by atoms with Crippen molar-refractivity contribution in [2.75, 3.05) is 0 Å². The van der Waals surface area contributed by atoms with E-state index in [9.17, 15) is 9.65 Å². The minimum atomic E-state index is -0.306. The maximum atomic E-state index is 13.2. The third-order valence-electron chi connectivity index (χ3n) is 3.34. The first-order valence-electron chi connectivity index (χ1n) is 6.63. The van der Waals surface area contributed by atoms with Gasteiger partial charge in [0.05, 0.1) is 11.6 Å². The van der Waals surface area contributed by atoms with Gasteiger partial charge in [0.2, 0.25) is 0 Å². The summed E-state index contributed by atoms with van der Waals surface area (Å²) in [5, 5.41) is 11.6. The minimum absolute atomic E-state index is 0.306. The fraction of sp³-hybridized carbons (Fsp3) is 0. The third-order valence-corrected chi connectivity index (χ3v) is 3.34. The first kappa shape index (κ1) is 13.1. The van der Waals surface area contributed by atoms with E-state index in [1.165, 1.54) is 12.1 Å². The second kappa shape index (κ2) is 5.60. The molecule has 0 atom stereocenters. The summed E-state index contributed by atoms with van der Waals surface area (Å²) in [5.41, 5.74) is 2.03. The molecule has 0 saturated carbocycles. The van der Waals surface area contributed by atoms with Gasteiger partial charge >= 0.3 is 0 Å². The van der Waals surface area contributed by atoms with Gasteiger partial charge in [-0.25, -0.2) is 4.39 Å². The number of benzene rings is 3. The van der Waals surface area contributed by atoms with E-state index in [-0.39, 0.29) is 5.82 Å². The van der Waals surface area contributed by atoms with Crippen LogP contribution in [0.15, 0.2) is 66.7 Å². The van der Waals surface area contributed by atoms with Crippen molar-refractivity contribution in [2.24, 2.45) is 0 Å². The Morgan fingerprint density at radius 1 is 0.905 bits per heavy atom. The Bertz CT molecular complexity index is 872. The van der Waals surface area contributed by atoms with Crippen LogP contribution >= 0.6 is 0 Å². The topological polar surface area (TPSA) is 23.8 Å². The van der Waals surface area contributed by atoms with Crippen LogP contribution in [0.2, 0.25) is 0 Å². The van der Waals surface area contributed by atoms with Gasteiger partial charge in [0, 0.05) is 0 Å². The highest BCUT2D eigenvalue weighted by Crippen LogP contribution is 2.23. The molecule has 0 fully saturated rings. The molecule has 0 aliphatic rings. The Hall–Kier alpha value is -2.92. The van der Waals surface area contributed by atoms with Crippen molar-refractivity contribution in [3.8, 4) is 6.07 Å². The summed E-state index contributed by atoms with van der Waals surface area (Å²) in [6.45, 7) is 0. The monoisotopic (exact) mass is 273 g/mol. The highest BCUT2D eigenvalue weighted by Gasteiger charge is 2.03. The normalized spacial score (nSPS) is 11.3. The molecular formula is C19H12FN. The van der Waals surface area contributed by atoms with E-state index in [1.54, 1.807) is 18.2 Å². The zero-order valence-corrected chi connectivity index (χ0v) is 11.3. The SMILES string of the molecule is N#C/C(=C/c1cccc(F)c1)c1ccc2ccccc2c1. The molecule has 21 heavy (non-hydrogen) atoms. The predicted octanol–water partition coefficient (Wildman–Crippen LogP) is 5.04. The largest absolute Gasteiger partial charge is 0.207 e. The average Bonchev–Trinajstić information content (AvgIpc) is 2.52. The van der Waals surface area contributed by atoms with E-state index in [2.05, 4.69) is 6.07 Å². The van der Waals surface area contributed by atoms with Crippen molar-refractivity contribution < 1.29 is 4.39 Å². The fourth-order valence-electron chi connectivity index (χ4n) is 2.30. The smallest absolute Gasteiger partial charge is 0.123 e. The standard InChI is InChI=1S/C19H12FN/c20-19-7-3-4-14(11-19)10-18(13-21)17-9-8-15-5-1-2-6-16(15)12-17/h1-12H/b18-10-. The van der Waals surface area contributed by atoms with Crippen LogP contribution in [0.1, 0.15) is 11.1 Å². The van der Waals surface area contributed by atoms with Crippen molar-refractivity contribution in [3.63, 3.8) is 0 Å². The number of nitrogens with zero attached hydrogens (tertiary/aromatic N) is 1. The maximum Gasteiger partial charge on any atom is 0.123 e.